The molecule has 7 nitrogen and oxygen atoms in total. The molecule has 0 radical (unpaired) electrons. The van der Waals surface area contributed by atoms with Crippen molar-refractivity contribution in [3.63, 3.8) is 0 Å². The second-order valence-corrected chi connectivity index (χ2v) is 10.5. The number of halogens is 3. The molecule has 1 aliphatic heterocycles. The van der Waals surface area contributed by atoms with E-state index < -0.39 is 29.5 Å². The van der Waals surface area contributed by atoms with E-state index in [4.69, 9.17) is 4.74 Å². The molecule has 0 atom stereocenters. The zero-order valence-corrected chi connectivity index (χ0v) is 23.4. The van der Waals surface area contributed by atoms with Gasteiger partial charge in [0.2, 0.25) is 0 Å². The summed E-state index contributed by atoms with van der Waals surface area (Å²) in [6, 6.07) is 16.2. The van der Waals surface area contributed by atoms with Crippen molar-refractivity contribution in [2.45, 2.75) is 31.3 Å². The first-order valence-electron chi connectivity index (χ1n) is 12.7. The molecule has 0 saturated heterocycles. The SMILES string of the molecule is COCCCN1C(=O)C(Nc2ccc(C)c(C)c2)=C(Sc2ccc(NC(=O)c3ccc(C(F)(F)F)cc3)cc2)C1=O. The standard InChI is InChI=1S/C30H28F3N3O4S/c1-18-5-10-23(17-19(18)2)34-25-26(29(39)36(28(25)38)15-4-16-40-3)41-24-13-11-22(12-14-24)35-27(37)20-6-8-21(9-7-20)30(31,32)33/h5-14,17,34H,4,15-16H2,1-3H3,(H,35,37). The predicted molar refractivity (Wildman–Crippen MR) is 151 cm³/mol. The van der Waals surface area contributed by atoms with E-state index in [-0.39, 0.29) is 22.7 Å². The molecular weight excluding hydrogens is 555 g/mol. The van der Waals surface area contributed by atoms with Crippen molar-refractivity contribution < 1.29 is 32.3 Å². The monoisotopic (exact) mass is 583 g/mol. The van der Waals surface area contributed by atoms with Crippen molar-refractivity contribution >= 4 is 40.9 Å². The lowest BCUT2D eigenvalue weighted by Crippen LogP contribution is -2.33. The van der Waals surface area contributed by atoms with Crippen LogP contribution in [0.3, 0.4) is 0 Å². The van der Waals surface area contributed by atoms with Crippen LogP contribution in [-0.4, -0.2) is 42.9 Å². The third-order valence-corrected chi connectivity index (χ3v) is 7.53. The Morgan fingerprint density at radius 3 is 2.17 bits per heavy atom. The van der Waals surface area contributed by atoms with E-state index in [0.717, 1.165) is 47.2 Å². The number of nitrogens with one attached hydrogen (secondary N) is 2. The molecule has 3 amide bonds. The Balaban J connectivity index is 1.51. The molecule has 3 aromatic carbocycles. The molecule has 0 aromatic heterocycles. The summed E-state index contributed by atoms with van der Waals surface area (Å²) < 4.78 is 43.5. The lowest BCUT2D eigenvalue weighted by molar-refractivity contribution is -0.138. The number of ether oxygens (including phenoxy) is 1. The van der Waals surface area contributed by atoms with Gasteiger partial charge in [0.1, 0.15) is 10.6 Å². The van der Waals surface area contributed by atoms with Crippen molar-refractivity contribution in [2.75, 3.05) is 30.9 Å². The molecule has 0 unspecified atom stereocenters. The van der Waals surface area contributed by atoms with Crippen LogP contribution in [-0.2, 0) is 20.5 Å². The number of imide groups is 1. The maximum atomic E-state index is 13.3. The summed E-state index contributed by atoms with van der Waals surface area (Å²) in [6.45, 7) is 4.56. The number of methoxy groups -OCH3 is 1. The van der Waals surface area contributed by atoms with Gasteiger partial charge >= 0.3 is 6.18 Å². The van der Waals surface area contributed by atoms with E-state index >= 15 is 0 Å². The topological polar surface area (TPSA) is 87.7 Å². The minimum Gasteiger partial charge on any atom is -0.385 e. The fourth-order valence-corrected chi connectivity index (χ4v) is 4.98. The predicted octanol–water partition coefficient (Wildman–Crippen LogP) is 6.40. The number of thioether (sulfide) groups is 1. The minimum atomic E-state index is -4.49. The van der Waals surface area contributed by atoms with Gasteiger partial charge in [0.15, 0.2) is 0 Å². The lowest BCUT2D eigenvalue weighted by atomic mass is 10.1. The highest BCUT2D eigenvalue weighted by atomic mass is 32.2. The fraction of sp³-hybridized carbons (Fsp3) is 0.233. The van der Waals surface area contributed by atoms with Crippen LogP contribution in [0, 0.1) is 13.8 Å². The molecule has 11 heteroatoms. The van der Waals surface area contributed by atoms with Gasteiger partial charge < -0.3 is 15.4 Å². The van der Waals surface area contributed by atoms with Crippen molar-refractivity contribution in [1.29, 1.82) is 0 Å². The number of carbonyl (C=O) groups excluding carboxylic acids is 3. The number of nitrogens with zero attached hydrogens (tertiary/aromatic N) is 1. The average molecular weight is 584 g/mol. The van der Waals surface area contributed by atoms with Crippen LogP contribution in [0.15, 0.2) is 82.2 Å². The second-order valence-electron chi connectivity index (χ2n) is 9.39. The zero-order valence-electron chi connectivity index (χ0n) is 22.6. The van der Waals surface area contributed by atoms with Crippen LogP contribution in [0.5, 0.6) is 0 Å². The van der Waals surface area contributed by atoms with Gasteiger partial charge in [-0.2, -0.15) is 13.2 Å². The Kier molecular flexibility index (Phi) is 9.19. The van der Waals surface area contributed by atoms with Crippen molar-refractivity contribution in [2.24, 2.45) is 0 Å². The first-order chi connectivity index (χ1) is 19.5. The number of amides is 3. The summed E-state index contributed by atoms with van der Waals surface area (Å²) in [5.41, 5.74) is 2.65. The normalized spacial score (nSPS) is 13.7. The van der Waals surface area contributed by atoms with Crippen LogP contribution < -0.4 is 10.6 Å². The van der Waals surface area contributed by atoms with Gasteiger partial charge in [-0.15, -0.1) is 0 Å². The number of anilines is 2. The smallest absolute Gasteiger partial charge is 0.385 e. The summed E-state index contributed by atoms with van der Waals surface area (Å²) in [7, 11) is 1.55. The number of hydrogen-bond donors (Lipinski definition) is 2. The summed E-state index contributed by atoms with van der Waals surface area (Å²) >= 11 is 1.12. The quantitative estimate of drug-likeness (QED) is 0.212. The third kappa shape index (κ3) is 7.17. The van der Waals surface area contributed by atoms with E-state index in [1.165, 1.54) is 4.90 Å². The lowest BCUT2D eigenvalue weighted by Gasteiger charge is -2.15. The molecule has 3 aromatic rings. The van der Waals surface area contributed by atoms with Crippen LogP contribution in [0.25, 0.3) is 0 Å². The molecule has 41 heavy (non-hydrogen) atoms. The molecule has 1 aliphatic rings. The summed E-state index contributed by atoms with van der Waals surface area (Å²) in [4.78, 5) is 41.2. The Hall–Kier alpha value is -4.09. The largest absolute Gasteiger partial charge is 0.416 e. The molecule has 0 fully saturated rings. The van der Waals surface area contributed by atoms with E-state index in [0.29, 0.717) is 29.3 Å². The Labute approximate surface area is 239 Å². The summed E-state index contributed by atoms with van der Waals surface area (Å²) in [6.07, 6.45) is -3.99. The van der Waals surface area contributed by atoms with Crippen molar-refractivity contribution in [3.05, 3.63) is 99.6 Å². The van der Waals surface area contributed by atoms with Crippen molar-refractivity contribution in [3.8, 4) is 0 Å². The number of aryl methyl sites for hydroxylation is 2. The number of benzene rings is 3. The maximum Gasteiger partial charge on any atom is 0.416 e. The van der Waals surface area contributed by atoms with Crippen molar-refractivity contribution in [1.82, 2.24) is 4.90 Å². The van der Waals surface area contributed by atoms with Gasteiger partial charge in [0, 0.05) is 42.1 Å². The van der Waals surface area contributed by atoms with E-state index in [2.05, 4.69) is 10.6 Å². The zero-order chi connectivity index (χ0) is 29.7. The summed E-state index contributed by atoms with van der Waals surface area (Å²) in [5.74, 6) is -1.40. The highest BCUT2D eigenvalue weighted by Crippen LogP contribution is 2.36. The van der Waals surface area contributed by atoms with E-state index in [1.807, 2.05) is 32.0 Å². The first-order valence-corrected chi connectivity index (χ1v) is 13.5. The Morgan fingerprint density at radius 1 is 0.902 bits per heavy atom. The van der Waals surface area contributed by atoms with Gasteiger partial charge in [-0.1, -0.05) is 17.8 Å². The second kappa shape index (κ2) is 12.6. The van der Waals surface area contributed by atoms with Crippen LogP contribution in [0.1, 0.15) is 33.5 Å². The van der Waals surface area contributed by atoms with Crippen LogP contribution in [0.2, 0.25) is 0 Å². The molecule has 1 heterocycles. The molecule has 214 valence electrons. The molecule has 0 aliphatic carbocycles. The van der Waals surface area contributed by atoms with Crippen LogP contribution in [0.4, 0.5) is 24.5 Å². The highest BCUT2D eigenvalue weighted by molar-refractivity contribution is 8.04. The number of hydrogen-bond acceptors (Lipinski definition) is 6. The number of alkyl halides is 3. The Bertz CT molecular complexity index is 1490. The maximum absolute atomic E-state index is 13.3. The average Bonchev–Trinajstić information content (AvgIpc) is 3.15. The van der Waals surface area contributed by atoms with Gasteiger partial charge in [-0.3, -0.25) is 19.3 Å². The van der Waals surface area contributed by atoms with E-state index in [9.17, 15) is 27.6 Å². The van der Waals surface area contributed by atoms with Gasteiger partial charge in [-0.05, 0) is 92.1 Å². The molecule has 2 N–H and O–H groups in total. The third-order valence-electron chi connectivity index (χ3n) is 6.44. The van der Waals surface area contributed by atoms with Gasteiger partial charge in [-0.25, -0.2) is 0 Å². The van der Waals surface area contributed by atoms with Gasteiger partial charge in [0.05, 0.1) is 5.56 Å². The molecular formula is C30H28F3N3O4S. The number of carbonyl (C=O) groups is 3. The molecule has 0 spiro atoms. The first kappa shape index (κ1) is 29.9. The minimum absolute atomic E-state index is 0.0762. The van der Waals surface area contributed by atoms with Crippen LogP contribution >= 0.6 is 11.8 Å². The van der Waals surface area contributed by atoms with Gasteiger partial charge in [0.25, 0.3) is 17.7 Å². The Morgan fingerprint density at radius 2 is 1.56 bits per heavy atom. The number of rotatable bonds is 10. The fourth-order valence-electron chi connectivity index (χ4n) is 4.03. The molecule has 0 bridgehead atoms. The molecule has 0 saturated carbocycles. The molecule has 4 rings (SSSR count). The van der Waals surface area contributed by atoms with E-state index in [1.54, 1.807) is 31.4 Å². The summed E-state index contributed by atoms with van der Waals surface area (Å²) in [5, 5.41) is 5.78. The highest BCUT2D eigenvalue weighted by Gasteiger charge is 2.39.